The maximum Gasteiger partial charge on any atom is 0.193 e. The number of nitrogens with one attached hydrogen (secondary N) is 2. The van der Waals surface area contributed by atoms with Crippen molar-refractivity contribution in [3.05, 3.63) is 124 Å². The zero-order chi connectivity index (χ0) is 22.5. The number of anilines is 1. The fraction of sp³-hybridized carbons (Fsp3) is 0.143. The van der Waals surface area contributed by atoms with Crippen molar-refractivity contribution in [2.24, 2.45) is 0 Å². The predicted molar refractivity (Wildman–Crippen MR) is 134 cm³/mol. The minimum Gasteiger partial charge on any atom is -0.342 e. The molecule has 0 unspecified atom stereocenters. The van der Waals surface area contributed by atoms with Crippen LogP contribution in [0.25, 0.3) is 16.6 Å². The number of para-hydroxylation sites is 1. The van der Waals surface area contributed by atoms with E-state index in [-0.39, 0.29) is 5.43 Å². The molecule has 0 spiro atoms. The van der Waals surface area contributed by atoms with Gasteiger partial charge in [-0.05, 0) is 42.7 Å². The van der Waals surface area contributed by atoms with E-state index in [2.05, 4.69) is 50.5 Å². The Morgan fingerprint density at radius 2 is 1.70 bits per heavy atom. The lowest BCUT2D eigenvalue weighted by molar-refractivity contribution is 0.680. The number of hydrogen-bond acceptors (Lipinski definition) is 4. The van der Waals surface area contributed by atoms with E-state index >= 15 is 0 Å². The average Bonchev–Trinajstić information content (AvgIpc) is 2.86. The lowest BCUT2D eigenvalue weighted by Crippen LogP contribution is -2.17. The third-order valence-corrected chi connectivity index (χ3v) is 5.71. The fourth-order valence-electron chi connectivity index (χ4n) is 4.09. The van der Waals surface area contributed by atoms with Crippen LogP contribution >= 0.6 is 0 Å². The average molecular weight is 435 g/mol. The molecule has 2 aromatic heterocycles. The van der Waals surface area contributed by atoms with Gasteiger partial charge in [-0.15, -0.1) is 0 Å². The first-order valence-electron chi connectivity index (χ1n) is 11.3. The summed E-state index contributed by atoms with van der Waals surface area (Å²) in [6.07, 6.45) is 10.1. The Balaban J connectivity index is 1.54. The summed E-state index contributed by atoms with van der Waals surface area (Å²) in [5.74, 6) is 0.742. The number of pyridine rings is 2. The van der Waals surface area contributed by atoms with Gasteiger partial charge in [0, 0.05) is 36.7 Å². The third-order valence-electron chi connectivity index (χ3n) is 5.71. The molecule has 164 valence electrons. The van der Waals surface area contributed by atoms with E-state index in [4.69, 9.17) is 0 Å². The second kappa shape index (κ2) is 9.67. The van der Waals surface area contributed by atoms with Gasteiger partial charge in [-0.1, -0.05) is 60.7 Å². The molecule has 0 fully saturated rings. The van der Waals surface area contributed by atoms with Crippen LogP contribution in [0.4, 0.5) is 5.82 Å². The van der Waals surface area contributed by atoms with Crippen molar-refractivity contribution in [1.82, 2.24) is 14.9 Å². The standard InChI is InChI=1S/C28H26N4O/c33-27-17-28(31-22-12-6-2-7-13-22)32(24-14-8-3-9-15-24)26-16-23(30-20-25(26)27)19-29-18-21-10-4-1-5-11-21/h1,3-6,8-17,20,29,31H,2,7,18-19H2. The summed E-state index contributed by atoms with van der Waals surface area (Å²) < 4.78 is 2.10. The molecule has 4 aromatic rings. The van der Waals surface area contributed by atoms with Crippen molar-refractivity contribution < 1.29 is 0 Å². The molecule has 0 radical (unpaired) electrons. The van der Waals surface area contributed by atoms with Gasteiger partial charge in [-0.2, -0.15) is 0 Å². The number of fused-ring (bicyclic) bond motifs is 1. The Kier molecular flexibility index (Phi) is 6.13. The Bertz CT molecular complexity index is 1370. The summed E-state index contributed by atoms with van der Waals surface area (Å²) >= 11 is 0. The van der Waals surface area contributed by atoms with Crippen LogP contribution in [0.2, 0.25) is 0 Å². The number of hydrogen-bond donors (Lipinski definition) is 2. The van der Waals surface area contributed by atoms with E-state index in [0.717, 1.165) is 47.8 Å². The normalized spacial score (nSPS) is 13.2. The molecule has 0 aliphatic heterocycles. The van der Waals surface area contributed by atoms with Crippen LogP contribution in [0, 0.1) is 0 Å². The van der Waals surface area contributed by atoms with Gasteiger partial charge in [0.15, 0.2) is 5.43 Å². The van der Waals surface area contributed by atoms with Crippen molar-refractivity contribution in [2.45, 2.75) is 25.9 Å². The number of benzene rings is 2. The third kappa shape index (κ3) is 4.78. The largest absolute Gasteiger partial charge is 0.342 e. The van der Waals surface area contributed by atoms with Gasteiger partial charge in [0.2, 0.25) is 0 Å². The highest BCUT2D eigenvalue weighted by Crippen LogP contribution is 2.24. The molecule has 1 aliphatic carbocycles. The van der Waals surface area contributed by atoms with E-state index in [0.29, 0.717) is 11.9 Å². The van der Waals surface area contributed by atoms with E-state index in [1.807, 2.05) is 54.6 Å². The number of aromatic nitrogens is 2. The van der Waals surface area contributed by atoms with Crippen LogP contribution in [-0.4, -0.2) is 9.55 Å². The number of nitrogens with zero attached hydrogens (tertiary/aromatic N) is 2. The van der Waals surface area contributed by atoms with Gasteiger partial charge in [0.25, 0.3) is 0 Å². The van der Waals surface area contributed by atoms with Crippen molar-refractivity contribution in [3.63, 3.8) is 0 Å². The minimum absolute atomic E-state index is 0.0450. The summed E-state index contributed by atoms with van der Waals surface area (Å²) in [6, 6.07) is 24.1. The molecule has 2 heterocycles. The van der Waals surface area contributed by atoms with Crippen LogP contribution in [0.1, 0.15) is 24.1 Å². The summed E-state index contributed by atoms with van der Waals surface area (Å²) in [7, 11) is 0. The Hall–Kier alpha value is -3.96. The molecule has 5 nitrogen and oxygen atoms in total. The van der Waals surface area contributed by atoms with Crippen molar-refractivity contribution in [2.75, 3.05) is 5.32 Å². The molecule has 5 heteroatoms. The number of allylic oxidation sites excluding steroid dienone is 3. The summed E-state index contributed by atoms with van der Waals surface area (Å²) in [6.45, 7) is 1.37. The lowest BCUT2D eigenvalue weighted by atomic mass is 10.1. The van der Waals surface area contributed by atoms with E-state index in [9.17, 15) is 4.79 Å². The molecule has 2 N–H and O–H groups in total. The molecule has 0 atom stereocenters. The first kappa shape index (κ1) is 20.9. The first-order chi connectivity index (χ1) is 16.3. The van der Waals surface area contributed by atoms with Gasteiger partial charge >= 0.3 is 0 Å². The van der Waals surface area contributed by atoms with E-state index in [1.165, 1.54) is 5.56 Å². The molecule has 33 heavy (non-hydrogen) atoms. The highest BCUT2D eigenvalue weighted by Gasteiger charge is 2.13. The van der Waals surface area contributed by atoms with Crippen molar-refractivity contribution in [1.29, 1.82) is 0 Å². The van der Waals surface area contributed by atoms with Gasteiger partial charge in [-0.25, -0.2) is 0 Å². The molecule has 2 aromatic carbocycles. The molecule has 5 rings (SSSR count). The summed E-state index contributed by atoms with van der Waals surface area (Å²) in [4.78, 5) is 17.5. The second-order valence-electron chi connectivity index (χ2n) is 8.11. The molecule has 0 saturated carbocycles. The van der Waals surface area contributed by atoms with Crippen molar-refractivity contribution >= 4 is 16.7 Å². The molecule has 0 saturated heterocycles. The topological polar surface area (TPSA) is 59.0 Å². The second-order valence-corrected chi connectivity index (χ2v) is 8.11. The fourth-order valence-corrected chi connectivity index (χ4v) is 4.09. The van der Waals surface area contributed by atoms with Crippen molar-refractivity contribution in [3.8, 4) is 5.69 Å². The zero-order valence-corrected chi connectivity index (χ0v) is 18.4. The SMILES string of the molecule is O=c1cc(NC2=CCCC=C2)n(-c2ccccc2)c2cc(CNCc3ccccc3)ncc12. The molecule has 0 bridgehead atoms. The highest BCUT2D eigenvalue weighted by molar-refractivity contribution is 5.83. The molecule has 0 amide bonds. The van der Waals surface area contributed by atoms with Crippen LogP contribution in [0.5, 0.6) is 0 Å². The Labute approximate surface area is 193 Å². The monoisotopic (exact) mass is 434 g/mol. The number of rotatable bonds is 7. The van der Waals surface area contributed by atoms with Crippen LogP contribution < -0.4 is 16.1 Å². The van der Waals surface area contributed by atoms with Gasteiger partial charge in [0.1, 0.15) is 5.82 Å². The van der Waals surface area contributed by atoms with Gasteiger partial charge < -0.3 is 10.6 Å². The lowest BCUT2D eigenvalue weighted by Gasteiger charge is -2.20. The van der Waals surface area contributed by atoms with Crippen LogP contribution in [0.3, 0.4) is 0 Å². The minimum atomic E-state index is -0.0450. The Morgan fingerprint density at radius 1 is 0.909 bits per heavy atom. The Morgan fingerprint density at radius 3 is 2.45 bits per heavy atom. The zero-order valence-electron chi connectivity index (χ0n) is 18.4. The van der Waals surface area contributed by atoms with Crippen LogP contribution in [-0.2, 0) is 13.1 Å². The first-order valence-corrected chi connectivity index (χ1v) is 11.3. The maximum absolute atomic E-state index is 13.0. The van der Waals surface area contributed by atoms with E-state index < -0.39 is 0 Å². The predicted octanol–water partition coefficient (Wildman–Crippen LogP) is 5.32. The van der Waals surface area contributed by atoms with Gasteiger partial charge in [-0.3, -0.25) is 14.3 Å². The quantitative estimate of drug-likeness (QED) is 0.413. The smallest absolute Gasteiger partial charge is 0.193 e. The van der Waals surface area contributed by atoms with Crippen LogP contribution in [0.15, 0.2) is 108 Å². The summed E-state index contributed by atoms with van der Waals surface area (Å²) in [5, 5.41) is 7.52. The summed E-state index contributed by atoms with van der Waals surface area (Å²) in [5.41, 5.74) is 4.89. The molecular formula is C28H26N4O. The van der Waals surface area contributed by atoms with Gasteiger partial charge in [0.05, 0.1) is 16.6 Å². The molecule has 1 aliphatic rings. The molecular weight excluding hydrogens is 408 g/mol. The maximum atomic E-state index is 13.0. The van der Waals surface area contributed by atoms with E-state index in [1.54, 1.807) is 12.3 Å². The highest BCUT2D eigenvalue weighted by atomic mass is 16.1.